The smallest absolute Gasteiger partial charge is 0.252 e. The van der Waals surface area contributed by atoms with E-state index in [0.717, 1.165) is 36.0 Å². The van der Waals surface area contributed by atoms with Crippen LogP contribution in [-0.2, 0) is 16.0 Å². The minimum atomic E-state index is -0.325. The van der Waals surface area contributed by atoms with Gasteiger partial charge in [0, 0.05) is 32.3 Å². The number of fused-ring (bicyclic) bond motifs is 6. The number of nitrogens with one attached hydrogen (secondary N) is 1. The van der Waals surface area contributed by atoms with Gasteiger partial charge in [0.25, 0.3) is 5.91 Å². The van der Waals surface area contributed by atoms with Crippen LogP contribution < -0.4 is 14.8 Å². The summed E-state index contributed by atoms with van der Waals surface area (Å²) in [6.45, 7) is 2.12. The third-order valence-electron chi connectivity index (χ3n) is 7.92. The second-order valence-corrected chi connectivity index (χ2v) is 10.8. The van der Waals surface area contributed by atoms with Crippen LogP contribution in [0.4, 0.5) is 0 Å². The molecule has 3 amide bonds. The topological polar surface area (TPSA) is 101 Å². The van der Waals surface area contributed by atoms with Crippen molar-refractivity contribution in [3.05, 3.63) is 83.2 Å². The van der Waals surface area contributed by atoms with E-state index >= 15 is 0 Å². The summed E-state index contributed by atoms with van der Waals surface area (Å²) in [6.07, 6.45) is 7.71. The van der Waals surface area contributed by atoms with Gasteiger partial charge in [0.2, 0.25) is 11.8 Å². The van der Waals surface area contributed by atoms with Gasteiger partial charge in [-0.25, -0.2) is 0 Å². The molecule has 41 heavy (non-hydrogen) atoms. The van der Waals surface area contributed by atoms with E-state index in [1.54, 1.807) is 17.2 Å². The number of benzene rings is 2. The summed E-state index contributed by atoms with van der Waals surface area (Å²) in [7, 11) is 0. The molecule has 9 heteroatoms. The Morgan fingerprint density at radius 3 is 2.78 bits per heavy atom. The first-order chi connectivity index (χ1) is 20.0. The highest BCUT2D eigenvalue weighted by molar-refractivity contribution is 5.94. The molecule has 7 rings (SSSR count). The highest BCUT2D eigenvalue weighted by Crippen LogP contribution is 2.39. The Morgan fingerprint density at radius 1 is 0.927 bits per heavy atom. The Labute approximate surface area is 239 Å². The molecule has 8 bridgehead atoms. The van der Waals surface area contributed by atoms with Crippen molar-refractivity contribution in [1.29, 1.82) is 0 Å². The fourth-order valence-electron chi connectivity index (χ4n) is 5.83. The van der Waals surface area contributed by atoms with Crippen LogP contribution in [-0.4, -0.2) is 65.3 Å². The van der Waals surface area contributed by atoms with E-state index in [1.165, 1.54) is 6.20 Å². The van der Waals surface area contributed by atoms with Crippen molar-refractivity contribution < 1.29 is 23.9 Å². The first kappa shape index (κ1) is 26.8. The standard InChI is InChI=1S/C32H34N4O5/c37-29-8-2-1-3-13-35(29)21-30(38)36-14-11-22-16-26-9-10-28(22)31(36)23-6-4-7-25(17-23)40-15-5-12-34-32(39)24-18-27(41-26)20-33-19-24/h4,6-7,9-10,16-20,31H,1-3,5,8,11-15,21H2,(H,34,39). The average molecular weight is 555 g/mol. The summed E-state index contributed by atoms with van der Waals surface area (Å²) in [5.41, 5.74) is 3.46. The summed E-state index contributed by atoms with van der Waals surface area (Å²) >= 11 is 0. The Morgan fingerprint density at radius 2 is 1.85 bits per heavy atom. The average Bonchev–Trinajstić information content (AvgIpc) is 3.19. The molecule has 0 saturated carbocycles. The predicted molar refractivity (Wildman–Crippen MR) is 152 cm³/mol. The number of ether oxygens (including phenoxy) is 2. The first-order valence-corrected chi connectivity index (χ1v) is 14.4. The van der Waals surface area contributed by atoms with Crippen molar-refractivity contribution in [2.24, 2.45) is 0 Å². The second kappa shape index (κ2) is 12.0. The molecule has 0 radical (unpaired) electrons. The lowest BCUT2D eigenvalue weighted by molar-refractivity contribution is -0.141. The maximum Gasteiger partial charge on any atom is 0.252 e. The lowest BCUT2D eigenvalue weighted by atomic mass is 9.87. The number of amides is 3. The fraction of sp³-hybridized carbons (Fsp3) is 0.375. The molecule has 212 valence electrons. The zero-order valence-corrected chi connectivity index (χ0v) is 23.0. The number of hydrogen-bond acceptors (Lipinski definition) is 6. The number of pyridine rings is 1. The van der Waals surface area contributed by atoms with Crippen LogP contribution >= 0.6 is 0 Å². The van der Waals surface area contributed by atoms with E-state index in [1.807, 2.05) is 47.4 Å². The minimum Gasteiger partial charge on any atom is -0.494 e. The molecule has 0 spiro atoms. The van der Waals surface area contributed by atoms with Crippen LogP contribution in [0.3, 0.4) is 0 Å². The van der Waals surface area contributed by atoms with Gasteiger partial charge in [0.05, 0.1) is 31.0 Å². The Hall–Kier alpha value is -4.40. The lowest BCUT2D eigenvalue weighted by Gasteiger charge is -2.39. The van der Waals surface area contributed by atoms with Crippen molar-refractivity contribution >= 4 is 17.7 Å². The third kappa shape index (κ3) is 6.04. The van der Waals surface area contributed by atoms with E-state index in [0.29, 0.717) is 68.3 Å². The Kier molecular flexibility index (Phi) is 7.84. The van der Waals surface area contributed by atoms with Gasteiger partial charge in [-0.05, 0) is 72.7 Å². The number of nitrogens with zero attached hydrogens (tertiary/aromatic N) is 3. The summed E-state index contributed by atoms with van der Waals surface area (Å²) < 4.78 is 12.2. The molecule has 1 saturated heterocycles. The third-order valence-corrected chi connectivity index (χ3v) is 7.92. The van der Waals surface area contributed by atoms with Gasteiger partial charge >= 0.3 is 0 Å². The van der Waals surface area contributed by atoms with E-state index < -0.39 is 0 Å². The molecule has 1 aromatic heterocycles. The Bertz CT molecular complexity index is 1460. The highest BCUT2D eigenvalue weighted by atomic mass is 16.5. The van der Waals surface area contributed by atoms with Crippen LogP contribution in [0.25, 0.3) is 0 Å². The number of carbonyl (C=O) groups is 3. The van der Waals surface area contributed by atoms with E-state index in [9.17, 15) is 14.4 Å². The molecule has 4 aliphatic heterocycles. The monoisotopic (exact) mass is 554 g/mol. The van der Waals surface area contributed by atoms with Gasteiger partial charge in [-0.1, -0.05) is 24.6 Å². The van der Waals surface area contributed by atoms with Crippen LogP contribution in [0.5, 0.6) is 17.2 Å². The van der Waals surface area contributed by atoms with Gasteiger partial charge in [0.1, 0.15) is 17.2 Å². The molecule has 0 aliphatic carbocycles. The van der Waals surface area contributed by atoms with Crippen molar-refractivity contribution in [2.75, 3.05) is 32.8 Å². The normalized spacial score (nSPS) is 19.3. The van der Waals surface area contributed by atoms with Crippen LogP contribution in [0.2, 0.25) is 0 Å². The molecular formula is C32H34N4O5. The largest absolute Gasteiger partial charge is 0.494 e. The van der Waals surface area contributed by atoms with Crippen LogP contribution in [0.15, 0.2) is 60.9 Å². The summed E-state index contributed by atoms with van der Waals surface area (Å²) in [6, 6.07) is 15.1. The zero-order chi connectivity index (χ0) is 28.2. The first-order valence-electron chi connectivity index (χ1n) is 14.4. The van der Waals surface area contributed by atoms with Crippen molar-refractivity contribution in [1.82, 2.24) is 20.1 Å². The van der Waals surface area contributed by atoms with Crippen molar-refractivity contribution in [3.63, 3.8) is 0 Å². The van der Waals surface area contributed by atoms with Gasteiger partial charge in [-0.15, -0.1) is 0 Å². The lowest BCUT2D eigenvalue weighted by Crippen LogP contribution is -2.47. The minimum absolute atomic E-state index is 0.0525. The van der Waals surface area contributed by atoms with Crippen molar-refractivity contribution in [2.45, 2.75) is 44.6 Å². The predicted octanol–water partition coefficient (Wildman–Crippen LogP) is 4.26. The van der Waals surface area contributed by atoms with Gasteiger partial charge in [-0.3, -0.25) is 19.4 Å². The quantitative estimate of drug-likeness (QED) is 0.508. The number of hydrogen-bond donors (Lipinski definition) is 1. The van der Waals surface area contributed by atoms with Gasteiger partial charge < -0.3 is 24.6 Å². The molecular weight excluding hydrogens is 520 g/mol. The molecule has 9 nitrogen and oxygen atoms in total. The van der Waals surface area contributed by atoms with E-state index in [4.69, 9.17) is 9.47 Å². The SMILES string of the molecule is O=C1NCCCOc2cccc(c2)C2c3ccc(cc3CCN2C(=O)CN2CCCCCC2=O)Oc2cncc1c2. The second-order valence-electron chi connectivity index (χ2n) is 10.8. The molecule has 1 N–H and O–H groups in total. The number of likely N-dealkylation sites (tertiary alicyclic amines) is 1. The molecule has 5 heterocycles. The zero-order valence-electron chi connectivity index (χ0n) is 23.0. The number of rotatable bonds is 2. The highest BCUT2D eigenvalue weighted by Gasteiger charge is 2.34. The summed E-state index contributed by atoms with van der Waals surface area (Å²) in [5.74, 6) is 1.60. The number of aromatic nitrogens is 1. The molecule has 3 aromatic rings. The molecule has 2 aromatic carbocycles. The molecule has 1 unspecified atom stereocenters. The van der Waals surface area contributed by atoms with Crippen LogP contribution in [0, 0.1) is 0 Å². The van der Waals surface area contributed by atoms with E-state index in [2.05, 4.69) is 10.3 Å². The van der Waals surface area contributed by atoms with E-state index in [-0.39, 0.29) is 30.3 Å². The van der Waals surface area contributed by atoms with Crippen LogP contribution in [0.1, 0.15) is 65.2 Å². The maximum atomic E-state index is 13.8. The number of carbonyl (C=O) groups excluding carboxylic acids is 3. The van der Waals surface area contributed by atoms with Gasteiger partial charge in [-0.2, -0.15) is 0 Å². The Balaban J connectivity index is 1.36. The molecule has 1 atom stereocenters. The summed E-state index contributed by atoms with van der Waals surface area (Å²) in [4.78, 5) is 46.9. The van der Waals surface area contributed by atoms with Crippen molar-refractivity contribution in [3.8, 4) is 17.2 Å². The van der Waals surface area contributed by atoms with Gasteiger partial charge in [0.15, 0.2) is 0 Å². The molecule has 1 fully saturated rings. The summed E-state index contributed by atoms with van der Waals surface area (Å²) in [5, 5.41) is 2.90. The maximum absolute atomic E-state index is 13.8. The molecule has 4 aliphatic rings. The fourth-order valence-corrected chi connectivity index (χ4v) is 5.83.